The number of nitrogens with two attached hydrogens (primary N) is 1. The molecule has 2 N–H and O–H groups in total. The summed E-state index contributed by atoms with van der Waals surface area (Å²) in [5.74, 6) is 1.06. The highest BCUT2D eigenvalue weighted by Crippen LogP contribution is 2.29. The van der Waals surface area contributed by atoms with Crippen molar-refractivity contribution in [3.05, 3.63) is 12.1 Å². The first-order valence-corrected chi connectivity index (χ1v) is 5.45. The molecule has 0 aliphatic carbocycles. The van der Waals surface area contributed by atoms with Crippen LogP contribution >= 0.6 is 11.8 Å². The van der Waals surface area contributed by atoms with Gasteiger partial charge in [-0.1, -0.05) is 6.92 Å². The van der Waals surface area contributed by atoms with E-state index in [1.165, 1.54) is 0 Å². The second-order valence-corrected chi connectivity index (χ2v) is 4.10. The Morgan fingerprint density at radius 3 is 2.93 bits per heavy atom. The summed E-state index contributed by atoms with van der Waals surface area (Å²) in [6.45, 7) is 2.14. The van der Waals surface area contributed by atoms with Crippen molar-refractivity contribution in [2.75, 3.05) is 11.5 Å². The van der Waals surface area contributed by atoms with Crippen molar-refractivity contribution in [2.45, 2.75) is 18.2 Å². The monoisotopic (exact) mass is 209 g/mol. The van der Waals surface area contributed by atoms with Crippen LogP contribution in [0.25, 0.3) is 11.0 Å². The summed E-state index contributed by atoms with van der Waals surface area (Å²) in [7, 11) is 0. The van der Waals surface area contributed by atoms with Crippen LogP contribution < -0.4 is 5.73 Å². The Labute approximate surface area is 85.8 Å². The lowest BCUT2D eigenvalue weighted by Gasteiger charge is -2.00. The molecule has 0 spiro atoms. The third-order valence-corrected chi connectivity index (χ3v) is 3.12. The van der Waals surface area contributed by atoms with E-state index < -0.39 is 0 Å². The number of benzene rings is 1. The van der Waals surface area contributed by atoms with Gasteiger partial charge in [0.25, 0.3) is 0 Å². The van der Waals surface area contributed by atoms with Gasteiger partial charge in [0, 0.05) is 4.90 Å². The predicted molar refractivity (Wildman–Crippen MR) is 57.2 cm³/mol. The largest absolute Gasteiger partial charge is 0.397 e. The van der Waals surface area contributed by atoms with E-state index in [4.69, 9.17) is 5.73 Å². The zero-order chi connectivity index (χ0) is 9.97. The van der Waals surface area contributed by atoms with Gasteiger partial charge < -0.3 is 5.73 Å². The first kappa shape index (κ1) is 9.33. The van der Waals surface area contributed by atoms with Crippen LogP contribution in [0, 0.1) is 0 Å². The summed E-state index contributed by atoms with van der Waals surface area (Å²) in [5.41, 5.74) is 7.77. The van der Waals surface area contributed by atoms with Gasteiger partial charge in [0.1, 0.15) is 0 Å². The summed E-state index contributed by atoms with van der Waals surface area (Å²) < 4.78 is 4.67. The lowest BCUT2D eigenvalue weighted by atomic mass is 10.3. The average Bonchev–Trinajstić information content (AvgIpc) is 2.66. The van der Waals surface area contributed by atoms with E-state index in [0.29, 0.717) is 11.2 Å². The van der Waals surface area contributed by atoms with Gasteiger partial charge in [-0.2, -0.15) is 0 Å². The van der Waals surface area contributed by atoms with Gasteiger partial charge in [-0.05, 0) is 34.6 Å². The second-order valence-electron chi connectivity index (χ2n) is 2.96. The molecule has 2 rings (SSSR count). The van der Waals surface area contributed by atoms with Crippen molar-refractivity contribution in [1.82, 2.24) is 10.3 Å². The van der Waals surface area contributed by atoms with E-state index >= 15 is 0 Å². The van der Waals surface area contributed by atoms with Gasteiger partial charge in [0.2, 0.25) is 0 Å². The van der Waals surface area contributed by atoms with Gasteiger partial charge >= 0.3 is 0 Å². The van der Waals surface area contributed by atoms with E-state index in [2.05, 4.69) is 21.9 Å². The summed E-state index contributed by atoms with van der Waals surface area (Å²) in [6.07, 6.45) is 1.13. The Balaban J connectivity index is 2.45. The lowest BCUT2D eigenvalue weighted by Crippen LogP contribution is -1.88. The number of rotatable bonds is 3. The summed E-state index contributed by atoms with van der Waals surface area (Å²) in [6, 6.07) is 3.80. The number of hydrogen-bond acceptors (Lipinski definition) is 5. The molecule has 0 atom stereocenters. The van der Waals surface area contributed by atoms with Crippen molar-refractivity contribution in [2.24, 2.45) is 0 Å². The van der Waals surface area contributed by atoms with E-state index in [-0.39, 0.29) is 0 Å². The van der Waals surface area contributed by atoms with Gasteiger partial charge in [-0.3, -0.25) is 0 Å². The van der Waals surface area contributed by atoms with Crippen molar-refractivity contribution in [3.8, 4) is 0 Å². The van der Waals surface area contributed by atoms with E-state index in [1.54, 1.807) is 11.8 Å². The zero-order valence-electron chi connectivity index (χ0n) is 7.86. The predicted octanol–water partition coefficient (Wildman–Crippen LogP) is 2.31. The van der Waals surface area contributed by atoms with Crippen LogP contribution in [0.2, 0.25) is 0 Å². The fraction of sp³-hybridized carbons (Fsp3) is 0.333. The lowest BCUT2D eigenvalue weighted by molar-refractivity contribution is 0.315. The number of fused-ring (bicyclic) bond motifs is 1. The molecule has 0 fully saturated rings. The zero-order valence-corrected chi connectivity index (χ0v) is 8.67. The number of aromatic nitrogens is 2. The third kappa shape index (κ3) is 1.55. The molecule has 0 saturated carbocycles. The van der Waals surface area contributed by atoms with Gasteiger partial charge in [0.15, 0.2) is 11.0 Å². The fourth-order valence-electron chi connectivity index (χ4n) is 1.19. The maximum atomic E-state index is 5.73. The van der Waals surface area contributed by atoms with Crippen LogP contribution in [-0.4, -0.2) is 16.1 Å². The van der Waals surface area contributed by atoms with Crippen LogP contribution in [-0.2, 0) is 0 Å². The quantitative estimate of drug-likeness (QED) is 0.620. The molecular weight excluding hydrogens is 198 g/mol. The maximum Gasteiger partial charge on any atom is 0.159 e. The molecule has 4 nitrogen and oxygen atoms in total. The molecule has 1 heterocycles. The number of nitrogen functional groups attached to an aromatic ring is 1. The topological polar surface area (TPSA) is 64.9 Å². The highest BCUT2D eigenvalue weighted by Gasteiger charge is 2.09. The van der Waals surface area contributed by atoms with Crippen LogP contribution in [0.15, 0.2) is 21.7 Å². The standard InChI is InChI=1S/C9H11N3OS/c1-2-5-14-7-4-3-6(10)8-9(7)12-13-11-8/h3-4H,2,5,10H2,1H3. The summed E-state index contributed by atoms with van der Waals surface area (Å²) in [4.78, 5) is 1.08. The number of thioether (sulfide) groups is 1. The number of nitrogens with zero attached hydrogens (tertiary/aromatic N) is 2. The van der Waals surface area contributed by atoms with Crippen LogP contribution in [0.4, 0.5) is 5.69 Å². The number of anilines is 1. The Morgan fingerprint density at radius 1 is 1.36 bits per heavy atom. The first-order chi connectivity index (χ1) is 6.83. The maximum absolute atomic E-state index is 5.73. The van der Waals surface area contributed by atoms with Gasteiger partial charge in [0.05, 0.1) is 5.69 Å². The average molecular weight is 209 g/mol. The molecule has 0 unspecified atom stereocenters. The van der Waals surface area contributed by atoms with Crippen LogP contribution in [0.5, 0.6) is 0 Å². The van der Waals surface area contributed by atoms with Gasteiger partial charge in [-0.15, -0.1) is 11.8 Å². The van der Waals surface area contributed by atoms with Crippen molar-refractivity contribution >= 4 is 28.5 Å². The van der Waals surface area contributed by atoms with Crippen molar-refractivity contribution in [1.29, 1.82) is 0 Å². The summed E-state index contributed by atoms with van der Waals surface area (Å²) in [5, 5.41) is 7.61. The first-order valence-electron chi connectivity index (χ1n) is 4.46. The number of hydrogen-bond donors (Lipinski definition) is 1. The second kappa shape index (κ2) is 3.88. The Morgan fingerprint density at radius 2 is 2.14 bits per heavy atom. The molecule has 1 aromatic heterocycles. The highest BCUT2D eigenvalue weighted by molar-refractivity contribution is 7.99. The molecule has 74 valence electrons. The normalized spacial score (nSPS) is 10.9. The van der Waals surface area contributed by atoms with E-state index in [9.17, 15) is 0 Å². The van der Waals surface area contributed by atoms with Crippen molar-refractivity contribution < 1.29 is 4.63 Å². The molecule has 0 aliphatic rings. The molecule has 0 radical (unpaired) electrons. The molecule has 1 aromatic carbocycles. The Kier molecular flexibility index (Phi) is 2.58. The Hall–Kier alpha value is -1.23. The summed E-state index contributed by atoms with van der Waals surface area (Å²) >= 11 is 1.75. The highest BCUT2D eigenvalue weighted by atomic mass is 32.2. The molecule has 0 bridgehead atoms. The molecular formula is C9H11N3OS. The third-order valence-electron chi connectivity index (χ3n) is 1.87. The molecule has 14 heavy (non-hydrogen) atoms. The van der Waals surface area contributed by atoms with E-state index in [1.807, 2.05) is 12.1 Å². The SMILES string of the molecule is CCCSc1ccc(N)c2nonc12. The Bertz CT molecular complexity index is 441. The molecule has 0 aliphatic heterocycles. The minimum atomic E-state index is 0.613. The van der Waals surface area contributed by atoms with Gasteiger partial charge in [-0.25, -0.2) is 4.63 Å². The molecule has 5 heteroatoms. The van der Waals surface area contributed by atoms with E-state index in [0.717, 1.165) is 22.6 Å². The molecule has 2 aromatic rings. The smallest absolute Gasteiger partial charge is 0.159 e. The minimum Gasteiger partial charge on any atom is -0.397 e. The fourth-order valence-corrected chi connectivity index (χ4v) is 2.05. The van der Waals surface area contributed by atoms with Crippen LogP contribution in [0.1, 0.15) is 13.3 Å². The van der Waals surface area contributed by atoms with Crippen molar-refractivity contribution in [3.63, 3.8) is 0 Å². The molecule has 0 amide bonds. The molecule has 0 saturated heterocycles. The minimum absolute atomic E-state index is 0.613. The van der Waals surface area contributed by atoms with Crippen LogP contribution in [0.3, 0.4) is 0 Å².